The Hall–Kier alpha value is -0.900. The average Bonchev–Trinajstić information content (AvgIpc) is 2.93. The van der Waals surface area contributed by atoms with Crippen molar-refractivity contribution in [2.75, 3.05) is 13.2 Å². The Balaban J connectivity index is 1.51. The lowest BCUT2D eigenvalue weighted by atomic mass is 9.93. The van der Waals surface area contributed by atoms with Crippen molar-refractivity contribution in [2.45, 2.75) is 31.7 Å². The molecule has 1 heterocycles. The van der Waals surface area contributed by atoms with E-state index in [-0.39, 0.29) is 18.1 Å². The van der Waals surface area contributed by atoms with E-state index in [1.807, 2.05) is 18.2 Å². The molecule has 98 valence electrons. The molecule has 4 atom stereocenters. The van der Waals surface area contributed by atoms with E-state index in [1.54, 1.807) is 0 Å². The van der Waals surface area contributed by atoms with E-state index in [0.717, 1.165) is 19.4 Å². The molecular formula is C15H20O3. The Morgan fingerprint density at radius 2 is 2.11 bits per heavy atom. The maximum Gasteiger partial charge on any atom is 0.0717 e. The summed E-state index contributed by atoms with van der Waals surface area (Å²) in [4.78, 5) is 0. The fraction of sp³-hybridized carbons (Fsp3) is 0.600. The van der Waals surface area contributed by atoms with Gasteiger partial charge in [-0.15, -0.1) is 0 Å². The van der Waals surface area contributed by atoms with Gasteiger partial charge in [-0.25, -0.2) is 0 Å². The summed E-state index contributed by atoms with van der Waals surface area (Å²) in [6.45, 7) is 2.11. The third kappa shape index (κ3) is 2.44. The third-order valence-electron chi connectivity index (χ3n) is 4.20. The number of benzene rings is 1. The number of hydrogen-bond donors (Lipinski definition) is 1. The molecule has 2 fully saturated rings. The van der Waals surface area contributed by atoms with Gasteiger partial charge in [0.2, 0.25) is 0 Å². The van der Waals surface area contributed by atoms with Gasteiger partial charge < -0.3 is 14.6 Å². The number of rotatable bonds is 4. The standard InChI is InChI=1S/C15H20O3/c16-14-8-15-12(6-7-18-15)13(14)10-17-9-11-4-2-1-3-5-11/h1-5,12-16H,6-10H2/t12-,13-,14-,15+/m1/s1. The van der Waals surface area contributed by atoms with Gasteiger partial charge in [-0.3, -0.25) is 0 Å². The van der Waals surface area contributed by atoms with E-state index < -0.39 is 0 Å². The predicted molar refractivity (Wildman–Crippen MR) is 68.1 cm³/mol. The second-order valence-corrected chi connectivity index (χ2v) is 5.33. The summed E-state index contributed by atoms with van der Waals surface area (Å²) >= 11 is 0. The molecule has 1 aromatic carbocycles. The minimum absolute atomic E-state index is 0.251. The van der Waals surface area contributed by atoms with E-state index in [9.17, 15) is 5.11 Å². The van der Waals surface area contributed by atoms with Crippen molar-refractivity contribution in [3.8, 4) is 0 Å². The molecule has 2 aliphatic rings. The molecule has 1 aliphatic carbocycles. The highest BCUT2D eigenvalue weighted by atomic mass is 16.5. The topological polar surface area (TPSA) is 38.7 Å². The van der Waals surface area contributed by atoms with Crippen LogP contribution in [-0.4, -0.2) is 30.5 Å². The van der Waals surface area contributed by atoms with Crippen LogP contribution in [0.25, 0.3) is 0 Å². The van der Waals surface area contributed by atoms with Crippen molar-refractivity contribution in [1.82, 2.24) is 0 Å². The summed E-state index contributed by atoms with van der Waals surface area (Å²) in [7, 11) is 0. The van der Waals surface area contributed by atoms with Gasteiger partial charge in [0, 0.05) is 18.9 Å². The van der Waals surface area contributed by atoms with E-state index in [2.05, 4.69) is 12.1 Å². The van der Waals surface area contributed by atoms with Gasteiger partial charge in [0.15, 0.2) is 0 Å². The Kier molecular flexibility index (Phi) is 3.64. The van der Waals surface area contributed by atoms with Crippen LogP contribution in [0.2, 0.25) is 0 Å². The van der Waals surface area contributed by atoms with Gasteiger partial charge in [-0.1, -0.05) is 30.3 Å². The monoisotopic (exact) mass is 248 g/mol. The molecule has 0 spiro atoms. The molecule has 0 amide bonds. The number of ether oxygens (including phenoxy) is 2. The summed E-state index contributed by atoms with van der Waals surface area (Å²) in [6, 6.07) is 10.2. The highest BCUT2D eigenvalue weighted by Gasteiger charge is 2.45. The third-order valence-corrected chi connectivity index (χ3v) is 4.20. The van der Waals surface area contributed by atoms with Gasteiger partial charge in [-0.05, 0) is 17.9 Å². The van der Waals surface area contributed by atoms with E-state index >= 15 is 0 Å². The smallest absolute Gasteiger partial charge is 0.0717 e. The van der Waals surface area contributed by atoms with E-state index in [0.29, 0.717) is 19.1 Å². The normalized spacial score (nSPS) is 34.7. The molecule has 1 saturated heterocycles. The second kappa shape index (κ2) is 5.39. The second-order valence-electron chi connectivity index (χ2n) is 5.33. The molecular weight excluding hydrogens is 228 g/mol. The van der Waals surface area contributed by atoms with Crippen LogP contribution in [0.4, 0.5) is 0 Å². The number of aliphatic hydroxyl groups is 1. The van der Waals surface area contributed by atoms with Crippen LogP contribution >= 0.6 is 0 Å². The molecule has 1 N–H and O–H groups in total. The van der Waals surface area contributed by atoms with Crippen molar-refractivity contribution in [3.63, 3.8) is 0 Å². The summed E-state index contributed by atoms with van der Waals surface area (Å²) in [5, 5.41) is 10.0. The molecule has 18 heavy (non-hydrogen) atoms. The molecule has 0 radical (unpaired) electrons. The number of hydrogen-bond acceptors (Lipinski definition) is 3. The molecule has 0 bridgehead atoms. The zero-order valence-corrected chi connectivity index (χ0v) is 10.5. The Morgan fingerprint density at radius 3 is 2.94 bits per heavy atom. The summed E-state index contributed by atoms with van der Waals surface area (Å²) in [6.07, 6.45) is 1.87. The first-order valence-electron chi connectivity index (χ1n) is 6.76. The fourth-order valence-electron chi connectivity index (χ4n) is 3.22. The maximum atomic E-state index is 10.0. The Morgan fingerprint density at radius 1 is 1.28 bits per heavy atom. The van der Waals surface area contributed by atoms with Crippen molar-refractivity contribution < 1.29 is 14.6 Å². The van der Waals surface area contributed by atoms with Crippen LogP contribution in [0, 0.1) is 11.8 Å². The van der Waals surface area contributed by atoms with Crippen LogP contribution in [-0.2, 0) is 16.1 Å². The first-order valence-corrected chi connectivity index (χ1v) is 6.76. The van der Waals surface area contributed by atoms with Crippen molar-refractivity contribution in [3.05, 3.63) is 35.9 Å². The predicted octanol–water partition coefficient (Wildman–Crippen LogP) is 1.99. The van der Waals surface area contributed by atoms with Gasteiger partial charge in [0.05, 0.1) is 25.4 Å². The molecule has 3 rings (SSSR count). The lowest BCUT2D eigenvalue weighted by molar-refractivity contribution is 0.0213. The van der Waals surface area contributed by atoms with Crippen molar-refractivity contribution in [2.24, 2.45) is 11.8 Å². The minimum Gasteiger partial charge on any atom is -0.393 e. The average molecular weight is 248 g/mol. The molecule has 0 aromatic heterocycles. The molecule has 3 heteroatoms. The summed E-state index contributed by atoms with van der Waals surface area (Å²) in [5.74, 6) is 0.747. The molecule has 1 saturated carbocycles. The molecule has 3 nitrogen and oxygen atoms in total. The number of aliphatic hydroxyl groups excluding tert-OH is 1. The van der Waals surface area contributed by atoms with Gasteiger partial charge in [0.1, 0.15) is 0 Å². The zero-order valence-electron chi connectivity index (χ0n) is 10.5. The van der Waals surface area contributed by atoms with E-state index in [1.165, 1.54) is 5.56 Å². The lowest BCUT2D eigenvalue weighted by Crippen LogP contribution is -2.24. The minimum atomic E-state index is -0.254. The van der Waals surface area contributed by atoms with Crippen LogP contribution in [0.5, 0.6) is 0 Å². The van der Waals surface area contributed by atoms with Crippen LogP contribution in [0.1, 0.15) is 18.4 Å². The lowest BCUT2D eigenvalue weighted by Gasteiger charge is -2.19. The first-order chi connectivity index (χ1) is 8.84. The van der Waals surface area contributed by atoms with Crippen molar-refractivity contribution >= 4 is 0 Å². The summed E-state index contributed by atoms with van der Waals surface area (Å²) in [5.41, 5.74) is 1.18. The largest absolute Gasteiger partial charge is 0.393 e. The van der Waals surface area contributed by atoms with Gasteiger partial charge in [0.25, 0.3) is 0 Å². The fourth-order valence-corrected chi connectivity index (χ4v) is 3.22. The molecule has 1 aromatic rings. The van der Waals surface area contributed by atoms with E-state index in [4.69, 9.17) is 9.47 Å². The van der Waals surface area contributed by atoms with Crippen LogP contribution in [0.15, 0.2) is 30.3 Å². The highest BCUT2D eigenvalue weighted by molar-refractivity contribution is 5.13. The Bertz CT molecular complexity index is 379. The first kappa shape index (κ1) is 12.2. The highest BCUT2D eigenvalue weighted by Crippen LogP contribution is 2.40. The van der Waals surface area contributed by atoms with Gasteiger partial charge >= 0.3 is 0 Å². The number of fused-ring (bicyclic) bond motifs is 1. The summed E-state index contributed by atoms with van der Waals surface area (Å²) < 4.78 is 11.4. The zero-order chi connectivity index (χ0) is 12.4. The van der Waals surface area contributed by atoms with Crippen LogP contribution in [0.3, 0.4) is 0 Å². The quantitative estimate of drug-likeness (QED) is 0.885. The molecule has 0 unspecified atom stereocenters. The van der Waals surface area contributed by atoms with Crippen LogP contribution < -0.4 is 0 Å². The van der Waals surface area contributed by atoms with Crippen molar-refractivity contribution in [1.29, 1.82) is 0 Å². The molecule has 1 aliphatic heterocycles. The SMILES string of the molecule is O[C@@H]1C[C@@H]2OCC[C@@H]2[C@H]1COCc1ccccc1. The maximum absolute atomic E-state index is 10.0. The Labute approximate surface area is 108 Å². The van der Waals surface area contributed by atoms with Gasteiger partial charge in [-0.2, -0.15) is 0 Å².